The van der Waals surface area contributed by atoms with Gasteiger partial charge in [-0.15, -0.1) is 0 Å². The zero-order chi connectivity index (χ0) is 40.0. The van der Waals surface area contributed by atoms with Gasteiger partial charge in [0.2, 0.25) is 0 Å². The van der Waals surface area contributed by atoms with Gasteiger partial charge in [0.25, 0.3) is 0 Å². The molecule has 3 aliphatic rings. The minimum absolute atomic E-state index is 0.0830. The Morgan fingerprint density at radius 3 is 2.20 bits per heavy atom. The van der Waals surface area contributed by atoms with Crippen molar-refractivity contribution in [3.63, 3.8) is 0 Å². The van der Waals surface area contributed by atoms with Gasteiger partial charge in [0.1, 0.15) is 54.9 Å². The first-order chi connectivity index (χ1) is 26.3. The third-order valence-corrected chi connectivity index (χ3v) is 9.40. The Labute approximate surface area is 315 Å². The van der Waals surface area contributed by atoms with E-state index < -0.39 is 105 Å². The van der Waals surface area contributed by atoms with Gasteiger partial charge in [-0.1, -0.05) is 12.1 Å². The highest BCUT2D eigenvalue weighted by molar-refractivity contribution is 5.87. The molecule has 0 saturated carbocycles. The second-order valence-corrected chi connectivity index (χ2v) is 13.2. The molecule has 3 heterocycles. The molecule has 0 bridgehead atoms. The second-order valence-electron chi connectivity index (χ2n) is 13.2. The Hall–Kier alpha value is -3.67. The molecule has 9 N–H and O–H groups in total. The van der Waals surface area contributed by atoms with E-state index >= 15 is 0 Å². The van der Waals surface area contributed by atoms with Crippen LogP contribution in [0, 0.1) is 0 Å². The molecule has 0 radical (unpaired) electrons. The molecule has 3 aliphatic heterocycles. The van der Waals surface area contributed by atoms with Gasteiger partial charge in [0.15, 0.2) is 48.0 Å². The van der Waals surface area contributed by atoms with Gasteiger partial charge < -0.3 is 88.6 Å². The number of benzene rings is 2. The van der Waals surface area contributed by atoms with Crippen molar-refractivity contribution in [3.8, 4) is 23.0 Å². The normalized spacial score (nSPS) is 35.4. The van der Waals surface area contributed by atoms with Crippen LogP contribution >= 0.6 is 0 Å². The number of aliphatic hydroxyl groups is 7. The van der Waals surface area contributed by atoms with E-state index in [1.165, 1.54) is 51.5 Å². The van der Waals surface area contributed by atoms with Crippen LogP contribution in [-0.2, 0) is 44.4 Å². The molecule has 14 atom stereocenters. The zero-order valence-corrected chi connectivity index (χ0v) is 30.1. The molecule has 306 valence electrons. The fourth-order valence-electron chi connectivity index (χ4n) is 6.26. The van der Waals surface area contributed by atoms with Crippen molar-refractivity contribution < 1.29 is 93.4 Å². The molecule has 0 aliphatic carbocycles. The van der Waals surface area contributed by atoms with Gasteiger partial charge in [-0.05, 0) is 54.8 Å². The predicted octanol–water partition coefficient (Wildman–Crippen LogP) is -1.95. The van der Waals surface area contributed by atoms with Crippen molar-refractivity contribution >= 4 is 12.0 Å². The molecular formula is C36H48O19. The topological polar surface area (TPSA) is 282 Å². The quantitative estimate of drug-likeness (QED) is 0.0744. The van der Waals surface area contributed by atoms with E-state index in [9.17, 15) is 50.8 Å². The van der Waals surface area contributed by atoms with Gasteiger partial charge >= 0.3 is 5.97 Å². The van der Waals surface area contributed by atoms with Crippen molar-refractivity contribution in [1.82, 2.24) is 0 Å². The van der Waals surface area contributed by atoms with E-state index in [4.69, 9.17) is 42.6 Å². The SMILES string of the molecule is COc1ccc(CCO[C@H]2O[C@@H](CO)[C@H](OC(=O)C=Cc3ccc(O)c(OC)c3)[C@H](O[C@H]3O[C@@H](C)[C@H](O)[C@@H](O)[C@H]3O[C@@H]3OC[C@@H](O)[C@H](O)[C@@H]3O)[C@@H]2O)cc1O. The molecule has 0 amide bonds. The van der Waals surface area contributed by atoms with Crippen LogP contribution in [0.15, 0.2) is 42.5 Å². The summed E-state index contributed by atoms with van der Waals surface area (Å²) in [6.45, 7) is 0.0972. The highest BCUT2D eigenvalue weighted by atomic mass is 16.8. The second kappa shape index (κ2) is 19.0. The Bertz CT molecular complexity index is 1590. The summed E-state index contributed by atoms with van der Waals surface area (Å²) in [4.78, 5) is 13.2. The number of phenolic OH excluding ortho intramolecular Hbond substituents is 2. The van der Waals surface area contributed by atoms with E-state index in [0.29, 0.717) is 11.1 Å². The van der Waals surface area contributed by atoms with Crippen molar-refractivity contribution in [2.24, 2.45) is 0 Å². The summed E-state index contributed by atoms with van der Waals surface area (Å²) in [6, 6.07) is 9.03. The lowest BCUT2D eigenvalue weighted by Gasteiger charge is -2.48. The summed E-state index contributed by atoms with van der Waals surface area (Å²) in [7, 11) is 2.76. The van der Waals surface area contributed by atoms with Crippen LogP contribution in [0.1, 0.15) is 18.1 Å². The molecule has 3 saturated heterocycles. The number of rotatable bonds is 14. The van der Waals surface area contributed by atoms with Crippen LogP contribution in [-0.4, -0.2) is 172 Å². The molecule has 19 heteroatoms. The van der Waals surface area contributed by atoms with E-state index in [1.807, 2.05) is 0 Å². The first-order valence-electron chi connectivity index (χ1n) is 17.4. The Kier molecular flexibility index (Phi) is 14.7. The zero-order valence-electron chi connectivity index (χ0n) is 30.1. The highest BCUT2D eigenvalue weighted by Crippen LogP contribution is 2.34. The molecular weight excluding hydrogens is 736 g/mol. The summed E-state index contributed by atoms with van der Waals surface area (Å²) in [5.41, 5.74) is 1.08. The maximum absolute atomic E-state index is 13.2. The number of esters is 1. The Morgan fingerprint density at radius 2 is 1.51 bits per heavy atom. The fraction of sp³-hybridized carbons (Fsp3) is 0.583. The van der Waals surface area contributed by atoms with Crippen molar-refractivity contribution in [3.05, 3.63) is 53.6 Å². The number of aliphatic hydroxyl groups excluding tert-OH is 7. The molecule has 0 aromatic heterocycles. The lowest BCUT2D eigenvalue weighted by molar-refractivity contribution is -0.381. The summed E-state index contributed by atoms with van der Waals surface area (Å²) in [6.07, 6.45) is -19.7. The largest absolute Gasteiger partial charge is 0.504 e. The number of carbonyl (C=O) groups is 1. The van der Waals surface area contributed by atoms with Crippen LogP contribution in [0.5, 0.6) is 23.0 Å². The molecule has 0 unspecified atom stereocenters. The first-order valence-corrected chi connectivity index (χ1v) is 17.4. The number of hydrogen-bond acceptors (Lipinski definition) is 19. The average molecular weight is 785 g/mol. The van der Waals surface area contributed by atoms with Crippen LogP contribution in [0.25, 0.3) is 6.08 Å². The molecule has 19 nitrogen and oxygen atoms in total. The number of ether oxygens (including phenoxy) is 9. The number of hydrogen-bond donors (Lipinski definition) is 9. The van der Waals surface area contributed by atoms with Crippen molar-refractivity contribution in [1.29, 1.82) is 0 Å². The molecule has 3 fully saturated rings. The van der Waals surface area contributed by atoms with E-state index in [2.05, 4.69) is 0 Å². The van der Waals surface area contributed by atoms with E-state index in [0.717, 1.165) is 6.08 Å². The number of phenols is 2. The number of methoxy groups -OCH3 is 2. The summed E-state index contributed by atoms with van der Waals surface area (Å²) >= 11 is 0. The minimum Gasteiger partial charge on any atom is -0.504 e. The van der Waals surface area contributed by atoms with Gasteiger partial charge in [-0.25, -0.2) is 4.79 Å². The minimum atomic E-state index is -1.81. The molecule has 2 aromatic carbocycles. The first kappa shape index (κ1) is 42.5. The Morgan fingerprint density at radius 1 is 0.782 bits per heavy atom. The van der Waals surface area contributed by atoms with Gasteiger partial charge in [-0.3, -0.25) is 0 Å². The smallest absolute Gasteiger partial charge is 0.331 e. The predicted molar refractivity (Wildman–Crippen MR) is 183 cm³/mol. The van der Waals surface area contributed by atoms with Crippen LogP contribution in [0.2, 0.25) is 0 Å². The summed E-state index contributed by atoms with van der Waals surface area (Å²) in [5.74, 6) is -0.805. The third kappa shape index (κ3) is 10.0. The van der Waals surface area contributed by atoms with Crippen LogP contribution < -0.4 is 9.47 Å². The van der Waals surface area contributed by atoms with Crippen molar-refractivity contribution in [2.75, 3.05) is 34.0 Å². The molecule has 55 heavy (non-hydrogen) atoms. The lowest BCUT2D eigenvalue weighted by atomic mass is 9.96. The van der Waals surface area contributed by atoms with Gasteiger partial charge in [0, 0.05) is 6.08 Å². The summed E-state index contributed by atoms with van der Waals surface area (Å²) < 4.78 is 50.6. The fourth-order valence-corrected chi connectivity index (χ4v) is 6.26. The standard InChI is InChI=1S/C36H48O19/c1-16-26(42)28(44)33(55-34-29(45)27(43)21(40)15-50-34)36(51-16)54-32-30(46)35(49-11-10-18-5-8-22(47-2)20(39)12-18)52-24(14-37)31(32)53-25(41)9-6-17-4-7-19(38)23(13-17)48-3/h4-9,12-13,16,21,24,26-40,42-46H,10-11,14-15H2,1-3H3/t16-,21+,24-,26-,27-,28+,29-,30-,31-,32+,33+,34-,35-,36+/m0/s1. The number of aromatic hydroxyl groups is 2. The molecule has 0 spiro atoms. The van der Waals surface area contributed by atoms with Crippen LogP contribution in [0.3, 0.4) is 0 Å². The molecule has 2 aromatic rings. The van der Waals surface area contributed by atoms with Gasteiger partial charge in [-0.2, -0.15) is 0 Å². The average Bonchev–Trinajstić information content (AvgIpc) is 3.17. The van der Waals surface area contributed by atoms with E-state index in [1.54, 1.807) is 12.1 Å². The van der Waals surface area contributed by atoms with Gasteiger partial charge in [0.05, 0.1) is 40.1 Å². The Balaban J connectivity index is 1.40. The maximum atomic E-state index is 13.2. The lowest BCUT2D eigenvalue weighted by Crippen LogP contribution is -2.66. The number of carbonyl (C=O) groups excluding carboxylic acids is 1. The van der Waals surface area contributed by atoms with Crippen molar-refractivity contribution in [2.45, 2.75) is 99.4 Å². The highest BCUT2D eigenvalue weighted by Gasteiger charge is 2.54. The maximum Gasteiger partial charge on any atom is 0.331 e. The monoisotopic (exact) mass is 784 g/mol. The molecule has 5 rings (SSSR count). The summed E-state index contributed by atoms with van der Waals surface area (Å²) in [5, 5.41) is 94.5. The third-order valence-electron chi connectivity index (χ3n) is 9.40. The van der Waals surface area contributed by atoms with E-state index in [-0.39, 0.29) is 36.0 Å². The van der Waals surface area contributed by atoms with Crippen LogP contribution in [0.4, 0.5) is 0 Å².